The maximum absolute atomic E-state index is 12.6. The molecule has 4 rings (SSSR count). The molecule has 2 fully saturated rings. The van der Waals surface area contributed by atoms with Gasteiger partial charge in [-0.15, -0.1) is 0 Å². The Morgan fingerprint density at radius 1 is 1.00 bits per heavy atom. The predicted molar refractivity (Wildman–Crippen MR) is 107 cm³/mol. The Hall–Kier alpha value is -2.64. The fraction of sp³-hybridized carbons (Fsp3) is 0.250. The number of para-hydroxylation sites is 1. The number of amides is 2. The van der Waals surface area contributed by atoms with E-state index in [4.69, 9.17) is 0 Å². The summed E-state index contributed by atoms with van der Waals surface area (Å²) < 4.78 is 0. The number of aromatic nitrogens is 1. The van der Waals surface area contributed by atoms with Gasteiger partial charge in [0.15, 0.2) is 0 Å². The molecule has 0 radical (unpaired) electrons. The van der Waals surface area contributed by atoms with Crippen LogP contribution in [0.4, 0.5) is 10.5 Å². The number of piperazine rings is 1. The fourth-order valence-electron chi connectivity index (χ4n) is 3.22. The Balaban J connectivity index is 1.37. The Morgan fingerprint density at radius 2 is 1.78 bits per heavy atom. The van der Waals surface area contributed by atoms with Crippen molar-refractivity contribution in [3.8, 4) is 0 Å². The molecule has 2 saturated heterocycles. The molecule has 0 bridgehead atoms. The number of carbonyl (C=O) groups is 2. The number of pyridine rings is 1. The lowest BCUT2D eigenvalue weighted by Crippen LogP contribution is -2.50. The first-order chi connectivity index (χ1) is 13.2. The van der Waals surface area contributed by atoms with Gasteiger partial charge in [0.1, 0.15) is 0 Å². The molecule has 27 heavy (non-hydrogen) atoms. The third-order valence-corrected chi connectivity index (χ3v) is 5.60. The summed E-state index contributed by atoms with van der Waals surface area (Å²) in [4.78, 5) is 35.3. The zero-order valence-corrected chi connectivity index (χ0v) is 15.6. The Bertz CT molecular complexity index is 849. The van der Waals surface area contributed by atoms with Crippen LogP contribution >= 0.6 is 11.8 Å². The number of rotatable bonds is 4. The minimum absolute atomic E-state index is 0.208. The van der Waals surface area contributed by atoms with Crippen molar-refractivity contribution in [1.82, 2.24) is 14.8 Å². The molecular weight excluding hydrogens is 360 g/mol. The summed E-state index contributed by atoms with van der Waals surface area (Å²) in [5, 5.41) is -0.208. The smallest absolute Gasteiger partial charge is 0.294 e. The third kappa shape index (κ3) is 4.04. The molecule has 1 aromatic carbocycles. The number of hydrogen-bond acceptors (Lipinski definition) is 6. The average Bonchev–Trinajstić information content (AvgIpc) is 2.97. The van der Waals surface area contributed by atoms with E-state index in [2.05, 4.69) is 26.9 Å². The average molecular weight is 380 g/mol. The van der Waals surface area contributed by atoms with Gasteiger partial charge in [-0.2, -0.15) is 0 Å². The molecule has 6 nitrogen and oxygen atoms in total. The quantitative estimate of drug-likeness (QED) is 0.761. The topological polar surface area (TPSA) is 56.8 Å². The van der Waals surface area contributed by atoms with E-state index in [1.54, 1.807) is 18.5 Å². The minimum Gasteiger partial charge on any atom is -0.369 e. The molecule has 0 aliphatic carbocycles. The van der Waals surface area contributed by atoms with Crippen molar-refractivity contribution in [2.75, 3.05) is 37.7 Å². The van der Waals surface area contributed by atoms with Gasteiger partial charge >= 0.3 is 0 Å². The number of imide groups is 1. The lowest BCUT2D eigenvalue weighted by Gasteiger charge is -2.37. The maximum atomic E-state index is 12.6. The van der Waals surface area contributed by atoms with Crippen LogP contribution in [-0.2, 0) is 4.79 Å². The second-order valence-electron chi connectivity index (χ2n) is 6.48. The molecule has 0 unspecified atom stereocenters. The van der Waals surface area contributed by atoms with E-state index in [0.717, 1.165) is 43.5 Å². The van der Waals surface area contributed by atoms with Crippen molar-refractivity contribution < 1.29 is 9.59 Å². The zero-order chi connectivity index (χ0) is 18.6. The molecule has 2 amide bonds. The van der Waals surface area contributed by atoms with Crippen molar-refractivity contribution in [3.63, 3.8) is 0 Å². The van der Waals surface area contributed by atoms with E-state index in [-0.39, 0.29) is 11.1 Å². The molecule has 0 saturated carbocycles. The van der Waals surface area contributed by atoms with Crippen LogP contribution in [0.15, 0.2) is 59.8 Å². The molecule has 2 aliphatic rings. The highest BCUT2D eigenvalue weighted by Gasteiger charge is 2.36. The summed E-state index contributed by atoms with van der Waals surface area (Å²) in [5.74, 6) is -0.223. The molecule has 7 heteroatoms. The predicted octanol–water partition coefficient (Wildman–Crippen LogP) is 2.90. The first-order valence-corrected chi connectivity index (χ1v) is 9.70. The number of hydrogen-bond donors (Lipinski definition) is 0. The van der Waals surface area contributed by atoms with E-state index in [1.807, 2.05) is 30.3 Å². The van der Waals surface area contributed by atoms with Gasteiger partial charge in [0.2, 0.25) is 0 Å². The molecule has 0 spiro atoms. The number of carbonyl (C=O) groups excluding carboxylic acids is 2. The van der Waals surface area contributed by atoms with Crippen molar-refractivity contribution in [2.24, 2.45) is 0 Å². The van der Waals surface area contributed by atoms with Crippen LogP contribution in [0.25, 0.3) is 6.08 Å². The van der Waals surface area contributed by atoms with E-state index < -0.39 is 0 Å². The summed E-state index contributed by atoms with van der Waals surface area (Å²) in [6.45, 7) is 3.74. The highest BCUT2D eigenvalue weighted by molar-refractivity contribution is 8.18. The summed E-state index contributed by atoms with van der Waals surface area (Å²) in [6.07, 6.45) is 5.08. The molecule has 0 atom stereocenters. The standard InChI is InChI=1S/C20H20N4O2S/c25-19-18(13-16-5-4-8-21-14-16)27-20(26)24(19)15-22-9-11-23(12-10-22)17-6-2-1-3-7-17/h1-8,13-14H,9-12,15H2. The molecule has 0 N–H and O–H groups in total. The second-order valence-corrected chi connectivity index (χ2v) is 7.47. The van der Waals surface area contributed by atoms with Crippen LogP contribution in [-0.4, -0.2) is 58.8 Å². The molecule has 138 valence electrons. The van der Waals surface area contributed by atoms with Gasteiger partial charge in [-0.05, 0) is 41.6 Å². The van der Waals surface area contributed by atoms with Crippen molar-refractivity contribution in [3.05, 3.63) is 65.3 Å². The molecular formula is C20H20N4O2S. The van der Waals surface area contributed by atoms with Gasteiger partial charge in [-0.3, -0.25) is 24.4 Å². The summed E-state index contributed by atoms with van der Waals surface area (Å²) in [7, 11) is 0. The van der Waals surface area contributed by atoms with Crippen molar-refractivity contribution >= 4 is 34.7 Å². The maximum Gasteiger partial charge on any atom is 0.294 e. The minimum atomic E-state index is -0.223. The lowest BCUT2D eigenvalue weighted by molar-refractivity contribution is -0.124. The Kier molecular flexibility index (Phi) is 5.22. The van der Waals surface area contributed by atoms with Crippen LogP contribution < -0.4 is 4.90 Å². The van der Waals surface area contributed by atoms with Crippen molar-refractivity contribution in [1.29, 1.82) is 0 Å². The van der Waals surface area contributed by atoms with E-state index in [1.165, 1.54) is 10.6 Å². The summed E-state index contributed by atoms with van der Waals surface area (Å²) in [6, 6.07) is 14.0. The SMILES string of the molecule is O=C1SC(=Cc2cccnc2)C(=O)N1CN1CCN(c2ccccc2)CC1. The molecule has 2 aromatic rings. The number of anilines is 1. The van der Waals surface area contributed by atoms with Gasteiger partial charge in [-0.1, -0.05) is 24.3 Å². The first-order valence-electron chi connectivity index (χ1n) is 8.88. The molecule has 3 heterocycles. The van der Waals surface area contributed by atoms with Crippen LogP contribution in [0.2, 0.25) is 0 Å². The Labute approximate surface area is 162 Å². The van der Waals surface area contributed by atoms with Gasteiger partial charge in [0, 0.05) is 44.3 Å². The highest BCUT2D eigenvalue weighted by atomic mass is 32.2. The first kappa shape index (κ1) is 17.8. The largest absolute Gasteiger partial charge is 0.369 e. The highest BCUT2D eigenvalue weighted by Crippen LogP contribution is 2.32. The zero-order valence-electron chi connectivity index (χ0n) is 14.8. The van der Waals surface area contributed by atoms with Gasteiger partial charge in [0.05, 0.1) is 11.6 Å². The normalized spacial score (nSPS) is 19.9. The van der Waals surface area contributed by atoms with Gasteiger partial charge in [0.25, 0.3) is 11.1 Å². The van der Waals surface area contributed by atoms with Crippen molar-refractivity contribution in [2.45, 2.75) is 0 Å². The second kappa shape index (κ2) is 7.94. The van der Waals surface area contributed by atoms with Crippen LogP contribution in [0, 0.1) is 0 Å². The van der Waals surface area contributed by atoms with Crippen LogP contribution in [0.5, 0.6) is 0 Å². The molecule has 2 aliphatic heterocycles. The number of nitrogens with zero attached hydrogens (tertiary/aromatic N) is 4. The van der Waals surface area contributed by atoms with Gasteiger partial charge in [-0.25, -0.2) is 0 Å². The summed E-state index contributed by atoms with van der Waals surface area (Å²) >= 11 is 0.996. The molecule has 1 aromatic heterocycles. The monoisotopic (exact) mass is 380 g/mol. The Morgan fingerprint density at radius 3 is 2.48 bits per heavy atom. The van der Waals surface area contributed by atoms with Crippen LogP contribution in [0.1, 0.15) is 5.56 Å². The number of benzene rings is 1. The lowest BCUT2D eigenvalue weighted by atomic mass is 10.2. The summed E-state index contributed by atoms with van der Waals surface area (Å²) in [5.41, 5.74) is 2.03. The number of thioether (sulfide) groups is 1. The van der Waals surface area contributed by atoms with E-state index >= 15 is 0 Å². The van der Waals surface area contributed by atoms with E-state index in [9.17, 15) is 9.59 Å². The van der Waals surface area contributed by atoms with Crippen LogP contribution in [0.3, 0.4) is 0 Å². The fourth-order valence-corrected chi connectivity index (χ4v) is 4.05. The van der Waals surface area contributed by atoms with E-state index in [0.29, 0.717) is 11.6 Å². The third-order valence-electron chi connectivity index (χ3n) is 4.69. The van der Waals surface area contributed by atoms with Gasteiger partial charge < -0.3 is 4.90 Å².